The molecule has 13 nitrogen and oxygen atoms in total. The van der Waals surface area contributed by atoms with E-state index in [0.717, 1.165) is 111 Å². The number of halogens is 1. The van der Waals surface area contributed by atoms with E-state index in [0.29, 0.717) is 35.8 Å². The molecule has 1 atom stereocenters. The molecule has 4 aromatic rings. The zero-order chi connectivity index (χ0) is 41.1. The van der Waals surface area contributed by atoms with Gasteiger partial charge in [0.1, 0.15) is 28.9 Å². The normalized spacial score (nSPS) is 24.9. The maximum absolute atomic E-state index is 15.9. The number of fused-ring (bicyclic) bond motifs is 2. The number of aryl methyl sites for hydroxylation is 1. The fourth-order valence-corrected chi connectivity index (χ4v) is 10.1. The number of hydrogen-bond acceptors (Lipinski definition) is 10. The molecule has 6 heterocycles. The van der Waals surface area contributed by atoms with Crippen molar-refractivity contribution < 1.29 is 31.1 Å². The number of imide groups is 1. The maximum atomic E-state index is 15.9. The molecule has 5 fully saturated rings. The Morgan fingerprint density at radius 2 is 1.65 bits per heavy atom. The summed E-state index contributed by atoms with van der Waals surface area (Å²) < 4.78 is 28.9. The van der Waals surface area contributed by atoms with Gasteiger partial charge in [-0.2, -0.15) is 5.10 Å². The van der Waals surface area contributed by atoms with Gasteiger partial charge in [0.15, 0.2) is 5.82 Å². The molecular formula is C46H59FN8O5. The lowest BCUT2D eigenvalue weighted by atomic mass is 9.86. The van der Waals surface area contributed by atoms with Gasteiger partial charge in [0.05, 0.1) is 30.0 Å². The van der Waals surface area contributed by atoms with Crippen molar-refractivity contribution in [3.05, 3.63) is 65.1 Å². The van der Waals surface area contributed by atoms with Gasteiger partial charge >= 0.3 is 0 Å². The summed E-state index contributed by atoms with van der Waals surface area (Å²) in [4.78, 5) is 50.7. The second kappa shape index (κ2) is 15.7. The van der Waals surface area contributed by atoms with Crippen LogP contribution in [0.5, 0.6) is 5.75 Å². The molecule has 2 aliphatic carbocycles. The lowest BCUT2D eigenvalue weighted by Crippen LogP contribution is -2.52. The van der Waals surface area contributed by atoms with Crippen molar-refractivity contribution in [2.45, 2.75) is 108 Å². The molecule has 10 rings (SSSR count). The molecule has 320 valence electrons. The van der Waals surface area contributed by atoms with Gasteiger partial charge in [0.2, 0.25) is 11.8 Å². The molecule has 2 aromatic carbocycles. The van der Waals surface area contributed by atoms with Crippen molar-refractivity contribution in [3.63, 3.8) is 0 Å². The SMILES string of the molecule is Cc1cc(-c2n[nH]c3ccc(OC4(C)CC4)cc23)cc(N2CCN(CC3CCC(OC4CCN(c5ccc6c(c5F)CN(C5CCC(=O)NC5=O)C6=O)CC4)CC3)CC2)n1.[HH].[HH]. The van der Waals surface area contributed by atoms with Crippen molar-refractivity contribution in [2.75, 3.05) is 55.6 Å². The molecule has 0 spiro atoms. The van der Waals surface area contributed by atoms with Crippen molar-refractivity contribution in [1.29, 1.82) is 0 Å². The highest BCUT2D eigenvalue weighted by molar-refractivity contribution is 6.05. The minimum atomic E-state index is -0.761. The van der Waals surface area contributed by atoms with E-state index in [1.807, 2.05) is 6.07 Å². The molecule has 60 heavy (non-hydrogen) atoms. The third-order valence-corrected chi connectivity index (χ3v) is 13.9. The smallest absolute Gasteiger partial charge is 0.255 e. The van der Waals surface area contributed by atoms with Crippen LogP contribution in [0.4, 0.5) is 15.9 Å². The van der Waals surface area contributed by atoms with Crippen LogP contribution in [0.1, 0.15) is 95.6 Å². The number of piperazine rings is 1. The Bertz CT molecular complexity index is 2320. The van der Waals surface area contributed by atoms with Gasteiger partial charge in [-0.1, -0.05) is 0 Å². The maximum Gasteiger partial charge on any atom is 0.255 e. The zero-order valence-electron chi connectivity index (χ0n) is 34.7. The van der Waals surface area contributed by atoms with Crippen LogP contribution in [0, 0.1) is 18.7 Å². The first-order valence-corrected chi connectivity index (χ1v) is 22.1. The van der Waals surface area contributed by atoms with Crippen LogP contribution in [0.15, 0.2) is 42.5 Å². The van der Waals surface area contributed by atoms with E-state index < -0.39 is 17.8 Å². The minimum absolute atomic E-state index is 0. The van der Waals surface area contributed by atoms with E-state index >= 15 is 4.39 Å². The molecule has 6 aliphatic rings. The third-order valence-electron chi connectivity index (χ3n) is 13.9. The average molecular weight is 823 g/mol. The van der Waals surface area contributed by atoms with Crippen LogP contribution >= 0.6 is 0 Å². The number of ether oxygens (including phenoxy) is 2. The number of aromatic nitrogens is 3. The fraction of sp³-hybridized carbons (Fsp3) is 0.543. The van der Waals surface area contributed by atoms with Crippen molar-refractivity contribution >= 4 is 40.1 Å². The predicted octanol–water partition coefficient (Wildman–Crippen LogP) is 6.62. The van der Waals surface area contributed by atoms with Gasteiger partial charge in [-0.3, -0.25) is 29.7 Å². The number of nitrogens with one attached hydrogen (secondary N) is 2. The summed E-state index contributed by atoms with van der Waals surface area (Å²) in [5.41, 5.74) is 5.07. The summed E-state index contributed by atoms with van der Waals surface area (Å²) in [5.74, 6) is 0.989. The van der Waals surface area contributed by atoms with Gasteiger partial charge in [-0.05, 0) is 120 Å². The summed E-state index contributed by atoms with van der Waals surface area (Å²) >= 11 is 0. The second-order valence-electron chi connectivity index (χ2n) is 18.3. The first-order chi connectivity index (χ1) is 29.1. The molecular weight excluding hydrogens is 764 g/mol. The molecule has 3 saturated heterocycles. The number of rotatable bonds is 10. The van der Waals surface area contributed by atoms with Crippen molar-refractivity contribution in [1.82, 2.24) is 30.3 Å². The fourth-order valence-electron chi connectivity index (χ4n) is 10.1. The predicted molar refractivity (Wildman–Crippen MR) is 230 cm³/mol. The molecule has 14 heteroatoms. The summed E-state index contributed by atoms with van der Waals surface area (Å²) in [6.07, 6.45) is 9.18. The first kappa shape index (κ1) is 39.1. The lowest BCUT2D eigenvalue weighted by Gasteiger charge is -2.40. The average Bonchev–Trinajstić information content (AvgIpc) is 3.65. The monoisotopic (exact) mass is 822 g/mol. The van der Waals surface area contributed by atoms with Gasteiger partial charge in [0.25, 0.3) is 5.91 Å². The standard InChI is InChI=1S/C46H55FN8O5.2H2/c1-28-23-30(43-35-25-33(60-46(2)15-16-46)7-9-37(35)50-51-43)24-40(48-28)54-21-19-52(20-22-54)26-29-3-5-31(6-4-29)59-32-13-17-53(18-14-32)38-10-8-34-36(42(38)47)27-55(45(34)58)39-11-12-41(56)49-44(39)57;;/h7-10,23-25,29,31-32,39H,3-6,11-22,26-27H2,1-2H3,(H,50,51)(H,49,56,57);2*1H. The number of H-pyrrole nitrogens is 1. The molecule has 2 saturated carbocycles. The zero-order valence-corrected chi connectivity index (χ0v) is 34.7. The molecule has 2 N–H and O–H groups in total. The summed E-state index contributed by atoms with van der Waals surface area (Å²) in [6, 6.07) is 13.1. The van der Waals surface area contributed by atoms with Crippen LogP contribution < -0.4 is 19.9 Å². The minimum Gasteiger partial charge on any atom is -0.488 e. The quantitative estimate of drug-likeness (QED) is 0.168. The Balaban J connectivity index is 0.00000264. The van der Waals surface area contributed by atoms with Crippen LogP contribution in [0.2, 0.25) is 0 Å². The van der Waals surface area contributed by atoms with Gasteiger partial charge in [-0.15, -0.1) is 0 Å². The number of aromatic amines is 1. The lowest BCUT2D eigenvalue weighted by molar-refractivity contribution is -0.136. The van der Waals surface area contributed by atoms with Gasteiger partial charge < -0.3 is 24.2 Å². The third kappa shape index (κ3) is 7.84. The number of nitrogens with zero attached hydrogens (tertiary/aromatic N) is 6. The largest absolute Gasteiger partial charge is 0.488 e. The Kier molecular flexibility index (Phi) is 10.3. The van der Waals surface area contributed by atoms with Crippen molar-refractivity contribution in [3.8, 4) is 17.0 Å². The number of anilines is 2. The number of amides is 3. The number of piperidine rings is 2. The van der Waals surface area contributed by atoms with E-state index in [4.69, 9.17) is 19.6 Å². The van der Waals surface area contributed by atoms with Crippen molar-refractivity contribution in [2.24, 2.45) is 5.92 Å². The summed E-state index contributed by atoms with van der Waals surface area (Å²) in [6.45, 7) is 10.7. The van der Waals surface area contributed by atoms with Crippen LogP contribution in [-0.2, 0) is 20.9 Å². The Labute approximate surface area is 352 Å². The van der Waals surface area contributed by atoms with E-state index in [9.17, 15) is 14.4 Å². The topological polar surface area (TPSA) is 136 Å². The van der Waals surface area contributed by atoms with Crippen LogP contribution in [0.25, 0.3) is 22.2 Å². The van der Waals surface area contributed by atoms with E-state index in [1.54, 1.807) is 12.1 Å². The Morgan fingerprint density at radius 1 is 0.883 bits per heavy atom. The Hall–Kier alpha value is -5.08. The molecule has 2 aromatic heterocycles. The highest BCUT2D eigenvalue weighted by Crippen LogP contribution is 2.41. The van der Waals surface area contributed by atoms with E-state index in [-0.39, 0.29) is 51.9 Å². The summed E-state index contributed by atoms with van der Waals surface area (Å²) in [7, 11) is 0. The number of benzene rings is 2. The van der Waals surface area contributed by atoms with Gasteiger partial charge in [-0.25, -0.2) is 9.37 Å². The van der Waals surface area contributed by atoms with Crippen LogP contribution in [-0.4, -0.2) is 112 Å². The molecule has 3 amide bonds. The first-order valence-electron chi connectivity index (χ1n) is 22.1. The number of hydrogen-bond donors (Lipinski definition) is 2. The molecule has 0 radical (unpaired) electrons. The molecule has 0 bridgehead atoms. The number of carbonyl (C=O) groups is 3. The second-order valence-corrected chi connectivity index (χ2v) is 18.3. The number of pyridine rings is 1. The Morgan fingerprint density at radius 3 is 2.40 bits per heavy atom. The highest BCUT2D eigenvalue weighted by atomic mass is 19.1. The number of carbonyl (C=O) groups excluding carboxylic acids is 3. The molecule has 1 unspecified atom stereocenters. The van der Waals surface area contributed by atoms with Crippen LogP contribution in [0.3, 0.4) is 0 Å². The van der Waals surface area contributed by atoms with E-state index in [1.165, 1.54) is 17.7 Å². The highest BCUT2D eigenvalue weighted by Gasteiger charge is 2.42. The summed E-state index contributed by atoms with van der Waals surface area (Å²) in [5, 5.41) is 11.3. The van der Waals surface area contributed by atoms with Gasteiger partial charge in [0, 0.05) is 82.9 Å². The van der Waals surface area contributed by atoms with E-state index in [2.05, 4.69) is 63.2 Å². The molecule has 4 aliphatic heterocycles.